The van der Waals surface area contributed by atoms with Crippen LogP contribution < -0.4 is 10.6 Å². The number of fused-ring (bicyclic) bond motifs is 2. The fourth-order valence-corrected chi connectivity index (χ4v) is 5.23. The Morgan fingerprint density at radius 1 is 1.02 bits per heavy atom. The second-order valence-electron chi connectivity index (χ2n) is 9.67. The Bertz CT molecular complexity index is 1940. The van der Waals surface area contributed by atoms with Gasteiger partial charge in [-0.15, -0.1) is 0 Å². The Balaban J connectivity index is 1.53. The molecule has 212 valence electrons. The molecule has 0 aliphatic carbocycles. The summed E-state index contributed by atoms with van der Waals surface area (Å²) in [7, 11) is 0. The number of hydrogen-bond donors (Lipinski definition) is 2. The quantitative estimate of drug-likeness (QED) is 0.225. The largest absolute Gasteiger partial charge is 0.416 e. The van der Waals surface area contributed by atoms with Crippen LogP contribution in [0, 0.1) is 18.6 Å². The first-order valence-electron chi connectivity index (χ1n) is 12.3. The summed E-state index contributed by atoms with van der Waals surface area (Å²) in [5, 5.41) is 9.54. The second-order valence-corrected chi connectivity index (χ2v) is 10.1. The molecule has 2 aromatic heterocycles. The second kappa shape index (κ2) is 9.91. The van der Waals surface area contributed by atoms with Gasteiger partial charge in [0.25, 0.3) is 11.8 Å². The van der Waals surface area contributed by atoms with Gasteiger partial charge in [0.15, 0.2) is 5.65 Å². The van der Waals surface area contributed by atoms with Gasteiger partial charge in [-0.3, -0.25) is 9.59 Å². The third-order valence-electron chi connectivity index (χ3n) is 6.93. The minimum absolute atomic E-state index is 0.0204. The van der Waals surface area contributed by atoms with E-state index in [0.717, 1.165) is 17.7 Å². The third-order valence-corrected chi connectivity index (χ3v) is 7.27. The molecule has 3 heterocycles. The highest BCUT2D eigenvalue weighted by molar-refractivity contribution is 6.31. The average molecular weight is 598 g/mol. The highest BCUT2D eigenvalue weighted by Crippen LogP contribution is 2.42. The molecule has 42 heavy (non-hydrogen) atoms. The van der Waals surface area contributed by atoms with Crippen LogP contribution >= 0.6 is 11.6 Å². The highest BCUT2D eigenvalue weighted by atomic mass is 35.5. The van der Waals surface area contributed by atoms with E-state index in [2.05, 4.69) is 20.7 Å². The fraction of sp³-hybridized carbons (Fsp3) is 0.103. The molecule has 1 aliphatic rings. The number of benzene rings is 3. The van der Waals surface area contributed by atoms with Crippen LogP contribution in [-0.2, 0) is 6.18 Å². The summed E-state index contributed by atoms with van der Waals surface area (Å²) < 4.78 is 69.9. The number of anilines is 1. The van der Waals surface area contributed by atoms with E-state index in [-0.39, 0.29) is 33.5 Å². The van der Waals surface area contributed by atoms with E-state index in [1.54, 1.807) is 25.3 Å². The molecular formula is C29H17ClF5N5O2. The van der Waals surface area contributed by atoms with Crippen LogP contribution in [0.25, 0.3) is 16.8 Å². The zero-order chi connectivity index (χ0) is 29.9. The number of nitrogens with zero attached hydrogens (tertiary/aromatic N) is 3. The number of rotatable bonds is 4. The molecule has 0 radical (unpaired) electrons. The molecule has 5 aromatic rings. The normalized spacial score (nSPS) is 14.6. The molecule has 0 saturated carbocycles. The van der Waals surface area contributed by atoms with Gasteiger partial charge in [-0.1, -0.05) is 11.6 Å². The Kier molecular flexibility index (Phi) is 6.45. The number of carbonyl (C=O) groups excluding carboxylic acids is 2. The standard InChI is InChI=1S/C29H17ClF5N5O2/c1-13-4-24-36-12-37-40(24)11-21(13)14-7-20-25(26(39-28(20)42)19-10-17(31)2-3-22(19)30)23(8-14)38-27(41)15-5-16(29(33,34)35)9-18(32)6-15/h2-12,26H,1H3,(H,38,41)(H,39,42)/t26-/m1/s1. The van der Waals surface area contributed by atoms with E-state index < -0.39 is 46.8 Å². The summed E-state index contributed by atoms with van der Waals surface area (Å²) in [6.07, 6.45) is -1.87. The van der Waals surface area contributed by atoms with Crippen molar-refractivity contribution in [3.63, 3.8) is 0 Å². The Morgan fingerprint density at radius 3 is 2.57 bits per heavy atom. The van der Waals surface area contributed by atoms with Crippen molar-refractivity contribution >= 4 is 34.7 Å². The predicted octanol–water partition coefficient (Wildman–Crippen LogP) is 6.74. The number of pyridine rings is 1. The number of alkyl halides is 3. The molecule has 0 fully saturated rings. The summed E-state index contributed by atoms with van der Waals surface area (Å²) >= 11 is 6.35. The predicted molar refractivity (Wildman–Crippen MR) is 143 cm³/mol. The molecule has 3 aromatic carbocycles. The van der Waals surface area contributed by atoms with Crippen molar-refractivity contribution in [1.29, 1.82) is 0 Å². The van der Waals surface area contributed by atoms with Crippen LogP contribution in [0.2, 0.25) is 5.02 Å². The molecule has 13 heteroatoms. The van der Waals surface area contributed by atoms with E-state index >= 15 is 0 Å². The van der Waals surface area contributed by atoms with Gasteiger partial charge in [0.2, 0.25) is 0 Å². The Morgan fingerprint density at radius 2 is 1.81 bits per heavy atom. The molecule has 2 amide bonds. The molecule has 6 rings (SSSR count). The van der Waals surface area contributed by atoms with Crippen molar-refractivity contribution in [1.82, 2.24) is 19.9 Å². The number of carbonyl (C=O) groups is 2. The van der Waals surface area contributed by atoms with Gasteiger partial charge in [-0.25, -0.2) is 18.3 Å². The molecule has 1 aliphatic heterocycles. The molecule has 0 unspecified atom stereocenters. The summed E-state index contributed by atoms with van der Waals surface area (Å²) in [4.78, 5) is 30.7. The first-order chi connectivity index (χ1) is 19.9. The van der Waals surface area contributed by atoms with Gasteiger partial charge in [0.05, 0.1) is 11.6 Å². The first kappa shape index (κ1) is 27.3. The molecule has 0 bridgehead atoms. The summed E-state index contributed by atoms with van der Waals surface area (Å²) in [6, 6.07) is 8.89. The smallest absolute Gasteiger partial charge is 0.341 e. The number of amides is 2. The zero-order valence-electron chi connectivity index (χ0n) is 21.4. The van der Waals surface area contributed by atoms with Gasteiger partial charge in [0, 0.05) is 44.7 Å². The molecule has 0 spiro atoms. The third kappa shape index (κ3) is 4.83. The van der Waals surface area contributed by atoms with Crippen LogP contribution in [0.5, 0.6) is 0 Å². The molecule has 0 saturated heterocycles. The van der Waals surface area contributed by atoms with Crippen LogP contribution in [0.1, 0.15) is 49.0 Å². The lowest BCUT2D eigenvalue weighted by atomic mass is 9.92. The molecule has 2 N–H and O–H groups in total. The zero-order valence-corrected chi connectivity index (χ0v) is 22.1. The van der Waals surface area contributed by atoms with Crippen LogP contribution in [0.15, 0.2) is 67.1 Å². The Hall–Kier alpha value is -4.84. The molecular weight excluding hydrogens is 581 g/mol. The lowest BCUT2D eigenvalue weighted by molar-refractivity contribution is -0.137. The van der Waals surface area contributed by atoms with Gasteiger partial charge in [0.1, 0.15) is 18.0 Å². The summed E-state index contributed by atoms with van der Waals surface area (Å²) in [6.45, 7) is 1.80. The monoisotopic (exact) mass is 597 g/mol. The maximum atomic E-state index is 14.2. The molecule has 7 nitrogen and oxygen atoms in total. The Labute approximate surface area is 239 Å². The maximum absolute atomic E-state index is 14.2. The fourth-order valence-electron chi connectivity index (χ4n) is 5.00. The maximum Gasteiger partial charge on any atom is 0.416 e. The minimum Gasteiger partial charge on any atom is -0.341 e. The first-order valence-corrected chi connectivity index (χ1v) is 12.7. The van der Waals surface area contributed by atoms with E-state index in [4.69, 9.17) is 11.6 Å². The van der Waals surface area contributed by atoms with Gasteiger partial charge < -0.3 is 10.6 Å². The van der Waals surface area contributed by atoms with Crippen LogP contribution in [0.4, 0.5) is 27.6 Å². The number of hydrogen-bond acceptors (Lipinski definition) is 4. The average Bonchev–Trinajstić information content (AvgIpc) is 3.52. The van der Waals surface area contributed by atoms with Crippen LogP contribution in [-0.4, -0.2) is 26.4 Å². The number of aryl methyl sites for hydroxylation is 1. The van der Waals surface area contributed by atoms with E-state index in [9.17, 15) is 31.5 Å². The highest BCUT2D eigenvalue weighted by Gasteiger charge is 2.36. The summed E-state index contributed by atoms with van der Waals surface area (Å²) in [5.74, 6) is -3.51. The lowest BCUT2D eigenvalue weighted by Gasteiger charge is -2.19. The topological polar surface area (TPSA) is 88.4 Å². The van der Waals surface area contributed by atoms with E-state index in [0.29, 0.717) is 28.9 Å². The number of aromatic nitrogens is 3. The van der Waals surface area contributed by atoms with Crippen molar-refractivity contribution in [3.8, 4) is 11.1 Å². The van der Waals surface area contributed by atoms with E-state index in [1.807, 2.05) is 0 Å². The minimum atomic E-state index is -4.90. The van der Waals surface area contributed by atoms with Crippen molar-refractivity contribution < 1.29 is 31.5 Å². The lowest BCUT2D eigenvalue weighted by Crippen LogP contribution is -2.21. The van der Waals surface area contributed by atoms with Crippen molar-refractivity contribution in [2.45, 2.75) is 19.1 Å². The van der Waals surface area contributed by atoms with Gasteiger partial charge in [-0.2, -0.15) is 18.3 Å². The van der Waals surface area contributed by atoms with Crippen LogP contribution in [0.3, 0.4) is 0 Å². The van der Waals surface area contributed by atoms with Gasteiger partial charge >= 0.3 is 6.18 Å². The van der Waals surface area contributed by atoms with Gasteiger partial charge in [-0.05, 0) is 72.6 Å². The van der Waals surface area contributed by atoms with E-state index in [1.165, 1.54) is 23.0 Å². The van der Waals surface area contributed by atoms with Crippen molar-refractivity contribution in [3.05, 3.63) is 117 Å². The summed E-state index contributed by atoms with van der Waals surface area (Å²) in [5.41, 5.74) is 0.963. The number of nitrogens with one attached hydrogen (secondary N) is 2. The number of halogens is 6. The van der Waals surface area contributed by atoms with Crippen molar-refractivity contribution in [2.75, 3.05) is 5.32 Å². The van der Waals surface area contributed by atoms with Crippen molar-refractivity contribution in [2.24, 2.45) is 0 Å². The molecule has 1 atom stereocenters. The SMILES string of the molecule is Cc1cc2ncnn2cc1-c1cc(NC(=O)c2cc(F)cc(C(F)(F)F)c2)c2c(c1)C(=O)N[C@@H]2c1cc(F)ccc1Cl.